The molecular formula is C19H22FN3O. The summed E-state index contributed by atoms with van der Waals surface area (Å²) < 4.78 is 14.1. The van der Waals surface area contributed by atoms with Crippen LogP contribution in [0, 0.1) is 11.7 Å². The largest absolute Gasteiger partial charge is 0.351 e. The Morgan fingerprint density at radius 1 is 1.33 bits per heavy atom. The van der Waals surface area contributed by atoms with E-state index in [0.717, 1.165) is 18.5 Å². The quantitative estimate of drug-likeness (QED) is 0.918. The predicted molar refractivity (Wildman–Crippen MR) is 90.6 cm³/mol. The lowest BCUT2D eigenvalue weighted by Crippen LogP contribution is -2.37. The Bertz CT molecular complexity index is 692. The van der Waals surface area contributed by atoms with Crippen molar-refractivity contribution >= 4 is 5.91 Å². The standard InChI is InChI=1S/C19H22FN3O/c1-14-9-18(16-6-2-3-7-17(16)20)23(12-14)13-19(24)22-11-15-5-4-8-21-10-15/h2-8,10,14,18H,9,11-13H2,1H3,(H,22,24)/t14-,18+/m0/s1. The summed E-state index contributed by atoms with van der Waals surface area (Å²) in [5, 5.41) is 2.91. The molecule has 1 aromatic heterocycles. The normalized spacial score (nSPS) is 20.9. The lowest BCUT2D eigenvalue weighted by molar-refractivity contribution is -0.122. The fraction of sp³-hybridized carbons (Fsp3) is 0.368. The third-order valence-electron chi connectivity index (χ3n) is 4.44. The van der Waals surface area contributed by atoms with Gasteiger partial charge in [-0.05, 0) is 30.0 Å². The zero-order chi connectivity index (χ0) is 16.9. The van der Waals surface area contributed by atoms with E-state index >= 15 is 0 Å². The smallest absolute Gasteiger partial charge is 0.234 e. The highest BCUT2D eigenvalue weighted by molar-refractivity contribution is 5.78. The molecule has 0 unspecified atom stereocenters. The van der Waals surface area contributed by atoms with Crippen molar-refractivity contribution in [3.63, 3.8) is 0 Å². The van der Waals surface area contributed by atoms with Gasteiger partial charge in [-0.3, -0.25) is 14.7 Å². The van der Waals surface area contributed by atoms with Crippen molar-refractivity contribution < 1.29 is 9.18 Å². The number of benzene rings is 1. The molecule has 1 fully saturated rings. The first kappa shape index (κ1) is 16.6. The molecule has 1 amide bonds. The van der Waals surface area contributed by atoms with Gasteiger partial charge in [-0.1, -0.05) is 31.2 Å². The van der Waals surface area contributed by atoms with Gasteiger partial charge < -0.3 is 5.32 Å². The molecule has 1 saturated heterocycles. The molecule has 2 atom stereocenters. The zero-order valence-corrected chi connectivity index (χ0v) is 13.8. The SMILES string of the molecule is C[C@H]1C[C@H](c2ccccc2F)N(CC(=O)NCc2cccnc2)C1. The first-order chi connectivity index (χ1) is 11.6. The van der Waals surface area contributed by atoms with E-state index in [1.54, 1.807) is 18.5 Å². The number of halogens is 1. The molecule has 0 saturated carbocycles. The van der Waals surface area contributed by atoms with Gasteiger partial charge in [0.2, 0.25) is 5.91 Å². The summed E-state index contributed by atoms with van der Waals surface area (Å²) in [4.78, 5) is 18.4. The van der Waals surface area contributed by atoms with Gasteiger partial charge in [0.05, 0.1) is 6.54 Å². The molecule has 1 N–H and O–H groups in total. The fourth-order valence-electron chi connectivity index (χ4n) is 3.32. The summed E-state index contributed by atoms with van der Waals surface area (Å²) in [6.07, 6.45) is 4.31. The van der Waals surface area contributed by atoms with Gasteiger partial charge >= 0.3 is 0 Å². The Hall–Kier alpha value is -2.27. The van der Waals surface area contributed by atoms with Crippen molar-refractivity contribution in [1.29, 1.82) is 0 Å². The Balaban J connectivity index is 1.62. The predicted octanol–water partition coefficient (Wildman–Crippen LogP) is 2.92. The molecule has 2 heterocycles. The molecule has 0 radical (unpaired) electrons. The molecule has 5 heteroatoms. The van der Waals surface area contributed by atoms with Gasteiger partial charge in [0.15, 0.2) is 0 Å². The summed E-state index contributed by atoms with van der Waals surface area (Å²) in [5.74, 6) is 0.201. The van der Waals surface area contributed by atoms with E-state index in [0.29, 0.717) is 18.0 Å². The van der Waals surface area contributed by atoms with Crippen LogP contribution in [0.2, 0.25) is 0 Å². The first-order valence-electron chi connectivity index (χ1n) is 8.27. The van der Waals surface area contributed by atoms with E-state index in [2.05, 4.69) is 22.1 Å². The highest BCUT2D eigenvalue weighted by Gasteiger charge is 2.33. The molecule has 24 heavy (non-hydrogen) atoms. The van der Waals surface area contributed by atoms with Gasteiger partial charge in [-0.25, -0.2) is 4.39 Å². The maximum atomic E-state index is 14.1. The summed E-state index contributed by atoms with van der Waals surface area (Å²) >= 11 is 0. The number of hydrogen-bond acceptors (Lipinski definition) is 3. The topological polar surface area (TPSA) is 45.2 Å². The van der Waals surface area contributed by atoms with Crippen LogP contribution in [-0.2, 0) is 11.3 Å². The van der Waals surface area contributed by atoms with Crippen LogP contribution >= 0.6 is 0 Å². The molecule has 1 aliphatic heterocycles. The second-order valence-corrected chi connectivity index (χ2v) is 6.45. The zero-order valence-electron chi connectivity index (χ0n) is 13.8. The van der Waals surface area contributed by atoms with Crippen LogP contribution in [0.1, 0.15) is 30.5 Å². The van der Waals surface area contributed by atoms with Crippen molar-refractivity contribution in [3.05, 3.63) is 65.7 Å². The van der Waals surface area contributed by atoms with Crippen molar-refractivity contribution in [2.75, 3.05) is 13.1 Å². The highest BCUT2D eigenvalue weighted by Crippen LogP contribution is 2.35. The second-order valence-electron chi connectivity index (χ2n) is 6.45. The van der Waals surface area contributed by atoms with Gasteiger partial charge in [-0.15, -0.1) is 0 Å². The van der Waals surface area contributed by atoms with E-state index < -0.39 is 0 Å². The number of amides is 1. The second kappa shape index (κ2) is 7.53. The molecule has 1 aromatic carbocycles. The monoisotopic (exact) mass is 327 g/mol. The maximum absolute atomic E-state index is 14.1. The van der Waals surface area contributed by atoms with Gasteiger partial charge in [0, 0.05) is 37.1 Å². The summed E-state index contributed by atoms with van der Waals surface area (Å²) in [5.41, 5.74) is 1.65. The maximum Gasteiger partial charge on any atom is 0.234 e. The molecule has 126 valence electrons. The number of carbonyl (C=O) groups excluding carboxylic acids is 1. The van der Waals surface area contributed by atoms with E-state index in [1.807, 2.05) is 24.3 Å². The van der Waals surface area contributed by atoms with Crippen LogP contribution in [0.3, 0.4) is 0 Å². The Kier molecular flexibility index (Phi) is 5.20. The Morgan fingerprint density at radius 3 is 2.92 bits per heavy atom. The lowest BCUT2D eigenvalue weighted by atomic mass is 10.0. The summed E-state index contributed by atoms with van der Waals surface area (Å²) in [7, 11) is 0. The minimum atomic E-state index is -0.197. The number of nitrogens with one attached hydrogen (secondary N) is 1. The number of carbonyl (C=O) groups is 1. The molecule has 2 aromatic rings. The van der Waals surface area contributed by atoms with Gasteiger partial charge in [0.1, 0.15) is 5.82 Å². The number of pyridine rings is 1. The molecule has 0 aliphatic carbocycles. The van der Waals surface area contributed by atoms with Crippen molar-refractivity contribution in [2.24, 2.45) is 5.92 Å². The van der Waals surface area contributed by atoms with Gasteiger partial charge in [0.25, 0.3) is 0 Å². The number of hydrogen-bond donors (Lipinski definition) is 1. The van der Waals surface area contributed by atoms with E-state index in [1.165, 1.54) is 6.07 Å². The molecule has 0 spiro atoms. The first-order valence-corrected chi connectivity index (χ1v) is 8.27. The number of nitrogens with zero attached hydrogens (tertiary/aromatic N) is 2. The fourth-order valence-corrected chi connectivity index (χ4v) is 3.32. The Morgan fingerprint density at radius 2 is 2.17 bits per heavy atom. The van der Waals surface area contributed by atoms with Crippen molar-refractivity contribution in [3.8, 4) is 0 Å². The number of likely N-dealkylation sites (tertiary alicyclic amines) is 1. The summed E-state index contributed by atoms with van der Waals surface area (Å²) in [6.45, 7) is 3.69. The highest BCUT2D eigenvalue weighted by atomic mass is 19.1. The van der Waals surface area contributed by atoms with Crippen LogP contribution in [0.4, 0.5) is 4.39 Å². The third kappa shape index (κ3) is 3.97. The lowest BCUT2D eigenvalue weighted by Gasteiger charge is -2.24. The van der Waals surface area contributed by atoms with E-state index in [9.17, 15) is 9.18 Å². The van der Waals surface area contributed by atoms with E-state index in [-0.39, 0.29) is 24.3 Å². The van der Waals surface area contributed by atoms with Crippen LogP contribution in [0.5, 0.6) is 0 Å². The minimum absolute atomic E-state index is 0.0367. The number of rotatable bonds is 5. The minimum Gasteiger partial charge on any atom is -0.351 e. The molecule has 0 bridgehead atoms. The average Bonchev–Trinajstić information content (AvgIpc) is 2.94. The molecule has 1 aliphatic rings. The van der Waals surface area contributed by atoms with Crippen LogP contribution in [0.25, 0.3) is 0 Å². The molecule has 4 nitrogen and oxygen atoms in total. The van der Waals surface area contributed by atoms with Crippen LogP contribution in [-0.4, -0.2) is 28.9 Å². The Labute approximate surface area is 141 Å². The van der Waals surface area contributed by atoms with Crippen molar-refractivity contribution in [2.45, 2.75) is 25.9 Å². The van der Waals surface area contributed by atoms with Gasteiger partial charge in [-0.2, -0.15) is 0 Å². The van der Waals surface area contributed by atoms with Crippen LogP contribution < -0.4 is 5.32 Å². The number of aromatic nitrogens is 1. The third-order valence-corrected chi connectivity index (χ3v) is 4.44. The van der Waals surface area contributed by atoms with Crippen LogP contribution in [0.15, 0.2) is 48.8 Å². The average molecular weight is 327 g/mol. The summed E-state index contributed by atoms with van der Waals surface area (Å²) in [6, 6.07) is 10.6. The van der Waals surface area contributed by atoms with Crippen molar-refractivity contribution in [1.82, 2.24) is 15.2 Å². The molecule has 3 rings (SSSR count). The molecular weight excluding hydrogens is 305 g/mol. The van der Waals surface area contributed by atoms with E-state index in [4.69, 9.17) is 0 Å².